The highest BCUT2D eigenvalue weighted by molar-refractivity contribution is 5.68. The summed E-state index contributed by atoms with van der Waals surface area (Å²) in [6.45, 7) is 10.3. The number of hydrogen-bond donors (Lipinski definition) is 1. The van der Waals surface area contributed by atoms with Gasteiger partial charge in [0.2, 0.25) is 0 Å². The summed E-state index contributed by atoms with van der Waals surface area (Å²) in [6.07, 6.45) is 2.87. The van der Waals surface area contributed by atoms with Gasteiger partial charge >= 0.3 is 6.09 Å². The molecule has 1 rings (SSSR count). The molecule has 2 N–H and O–H groups in total. The fourth-order valence-corrected chi connectivity index (χ4v) is 2.59. The number of likely N-dealkylation sites (N-methyl/N-ethyl adjacent to an activating group) is 1. The molecule has 20 heavy (non-hydrogen) atoms. The van der Waals surface area contributed by atoms with Gasteiger partial charge in [-0.3, -0.25) is 0 Å². The lowest BCUT2D eigenvalue weighted by Gasteiger charge is -2.35. The van der Waals surface area contributed by atoms with E-state index in [1.165, 1.54) is 0 Å². The van der Waals surface area contributed by atoms with E-state index in [1.807, 2.05) is 27.7 Å². The molecule has 2 atom stereocenters. The molecule has 0 aromatic carbocycles. The molecule has 0 spiro atoms. The number of hydrogen-bond acceptors (Lipinski definition) is 4. The molecule has 0 aromatic heterocycles. The molecule has 118 valence electrons. The summed E-state index contributed by atoms with van der Waals surface area (Å²) in [5.41, 5.74) is 5.40. The second-order valence-electron chi connectivity index (χ2n) is 6.47. The highest BCUT2D eigenvalue weighted by Gasteiger charge is 2.29. The lowest BCUT2D eigenvalue weighted by molar-refractivity contribution is 0.00740. The Balaban J connectivity index is 2.60. The number of ether oxygens (including phenoxy) is 2. The quantitative estimate of drug-likeness (QED) is 0.843. The van der Waals surface area contributed by atoms with Crippen LogP contribution in [-0.2, 0) is 9.47 Å². The van der Waals surface area contributed by atoms with Gasteiger partial charge in [-0.1, -0.05) is 0 Å². The number of amides is 1. The number of nitrogens with two attached hydrogens (primary N) is 1. The second-order valence-corrected chi connectivity index (χ2v) is 6.47. The average molecular weight is 286 g/mol. The van der Waals surface area contributed by atoms with Gasteiger partial charge in [0, 0.05) is 32.3 Å². The van der Waals surface area contributed by atoms with Crippen LogP contribution in [0.2, 0.25) is 0 Å². The zero-order valence-electron chi connectivity index (χ0n) is 13.4. The molecule has 0 radical (unpaired) electrons. The molecule has 1 amide bonds. The van der Waals surface area contributed by atoms with E-state index in [9.17, 15) is 4.79 Å². The molecule has 0 unspecified atom stereocenters. The van der Waals surface area contributed by atoms with Crippen LogP contribution >= 0.6 is 0 Å². The van der Waals surface area contributed by atoms with Crippen LogP contribution in [0.1, 0.15) is 47.0 Å². The van der Waals surface area contributed by atoms with Crippen molar-refractivity contribution < 1.29 is 14.3 Å². The first kappa shape index (κ1) is 17.2. The van der Waals surface area contributed by atoms with Crippen molar-refractivity contribution in [1.82, 2.24) is 4.90 Å². The minimum absolute atomic E-state index is 0.0292. The van der Waals surface area contributed by atoms with E-state index in [1.54, 1.807) is 4.90 Å². The van der Waals surface area contributed by atoms with E-state index < -0.39 is 5.60 Å². The van der Waals surface area contributed by atoms with Crippen molar-refractivity contribution in [2.24, 2.45) is 11.7 Å². The molecule has 0 aromatic rings. The van der Waals surface area contributed by atoms with Crippen molar-refractivity contribution in [3.8, 4) is 0 Å². The van der Waals surface area contributed by atoms with Gasteiger partial charge in [-0.05, 0) is 52.9 Å². The molecule has 0 saturated carbocycles. The summed E-state index contributed by atoms with van der Waals surface area (Å²) in [5, 5.41) is 0. The first-order valence-corrected chi connectivity index (χ1v) is 7.64. The number of nitrogens with zero attached hydrogens (tertiary/aromatic N) is 1. The molecule has 1 aliphatic rings. The molecule has 1 saturated heterocycles. The Kier molecular flexibility index (Phi) is 6.76. The zero-order valence-corrected chi connectivity index (χ0v) is 13.4. The SMILES string of the molecule is CCN(C(=O)OC(C)(C)C)[C@H](CN)C[C@H]1CCCOC1. The Morgan fingerprint density at radius 2 is 2.20 bits per heavy atom. The molecule has 0 aliphatic carbocycles. The van der Waals surface area contributed by atoms with E-state index in [-0.39, 0.29) is 12.1 Å². The molecule has 1 heterocycles. The monoisotopic (exact) mass is 286 g/mol. The van der Waals surface area contributed by atoms with Crippen LogP contribution < -0.4 is 5.73 Å². The van der Waals surface area contributed by atoms with Crippen molar-refractivity contribution in [3.63, 3.8) is 0 Å². The lowest BCUT2D eigenvalue weighted by atomic mass is 9.93. The van der Waals surface area contributed by atoms with Crippen molar-refractivity contribution in [2.45, 2.75) is 58.6 Å². The minimum atomic E-state index is -0.475. The predicted octanol–water partition coefficient (Wildman–Crippen LogP) is 2.39. The number of carbonyl (C=O) groups excluding carboxylic acids is 1. The zero-order chi connectivity index (χ0) is 15.2. The van der Waals surface area contributed by atoms with Crippen LogP contribution in [-0.4, -0.2) is 48.9 Å². The Morgan fingerprint density at radius 3 is 2.65 bits per heavy atom. The maximum atomic E-state index is 12.2. The molecular weight excluding hydrogens is 256 g/mol. The van der Waals surface area contributed by atoms with Crippen LogP contribution in [0.4, 0.5) is 4.79 Å². The highest BCUT2D eigenvalue weighted by Crippen LogP contribution is 2.22. The first-order valence-electron chi connectivity index (χ1n) is 7.64. The highest BCUT2D eigenvalue weighted by atomic mass is 16.6. The predicted molar refractivity (Wildman–Crippen MR) is 79.6 cm³/mol. The normalized spacial score (nSPS) is 21.4. The smallest absolute Gasteiger partial charge is 0.410 e. The van der Waals surface area contributed by atoms with Gasteiger partial charge in [-0.15, -0.1) is 0 Å². The summed E-state index contributed by atoms with van der Waals surface area (Å²) >= 11 is 0. The summed E-state index contributed by atoms with van der Waals surface area (Å²) in [7, 11) is 0. The fourth-order valence-electron chi connectivity index (χ4n) is 2.59. The molecule has 1 fully saturated rings. The topological polar surface area (TPSA) is 64.8 Å². The van der Waals surface area contributed by atoms with Crippen LogP contribution in [0.15, 0.2) is 0 Å². The van der Waals surface area contributed by atoms with Crippen molar-refractivity contribution in [2.75, 3.05) is 26.3 Å². The summed E-state index contributed by atoms with van der Waals surface area (Å²) in [6, 6.07) is 0.0292. The molecule has 1 aliphatic heterocycles. The summed E-state index contributed by atoms with van der Waals surface area (Å²) in [5.74, 6) is 0.494. The fraction of sp³-hybridized carbons (Fsp3) is 0.933. The van der Waals surface area contributed by atoms with Crippen LogP contribution in [0.5, 0.6) is 0 Å². The summed E-state index contributed by atoms with van der Waals surface area (Å²) < 4.78 is 11.0. The van der Waals surface area contributed by atoms with Gasteiger partial charge < -0.3 is 20.1 Å². The lowest BCUT2D eigenvalue weighted by Crippen LogP contribution is -2.47. The van der Waals surface area contributed by atoms with E-state index in [0.29, 0.717) is 19.0 Å². The third-order valence-corrected chi connectivity index (χ3v) is 3.54. The van der Waals surface area contributed by atoms with E-state index in [0.717, 1.165) is 32.5 Å². The largest absolute Gasteiger partial charge is 0.444 e. The Labute approximate surface area is 122 Å². The second kappa shape index (κ2) is 7.84. The van der Waals surface area contributed by atoms with Crippen LogP contribution in [0, 0.1) is 5.92 Å². The third kappa shape index (κ3) is 5.67. The maximum Gasteiger partial charge on any atom is 0.410 e. The van der Waals surface area contributed by atoms with Gasteiger partial charge in [0.05, 0.1) is 0 Å². The van der Waals surface area contributed by atoms with Crippen LogP contribution in [0.3, 0.4) is 0 Å². The van der Waals surface area contributed by atoms with Crippen LogP contribution in [0.25, 0.3) is 0 Å². The molecule has 5 heteroatoms. The van der Waals surface area contributed by atoms with E-state index in [2.05, 4.69) is 0 Å². The van der Waals surface area contributed by atoms with Crippen molar-refractivity contribution in [3.05, 3.63) is 0 Å². The maximum absolute atomic E-state index is 12.2. The number of rotatable bonds is 5. The van der Waals surface area contributed by atoms with Gasteiger partial charge in [-0.25, -0.2) is 4.79 Å². The van der Waals surface area contributed by atoms with E-state index in [4.69, 9.17) is 15.2 Å². The Hall–Kier alpha value is -0.810. The third-order valence-electron chi connectivity index (χ3n) is 3.54. The molecule has 5 nitrogen and oxygen atoms in total. The average Bonchev–Trinajstić information content (AvgIpc) is 2.37. The van der Waals surface area contributed by atoms with Crippen molar-refractivity contribution in [1.29, 1.82) is 0 Å². The van der Waals surface area contributed by atoms with Crippen molar-refractivity contribution >= 4 is 6.09 Å². The first-order chi connectivity index (χ1) is 9.37. The minimum Gasteiger partial charge on any atom is -0.444 e. The molecule has 0 bridgehead atoms. The van der Waals surface area contributed by atoms with E-state index >= 15 is 0 Å². The van der Waals surface area contributed by atoms with Gasteiger partial charge in [0.15, 0.2) is 0 Å². The standard InChI is InChI=1S/C15H30N2O3/c1-5-17(14(18)20-15(2,3)4)13(10-16)9-12-7-6-8-19-11-12/h12-13H,5-11,16H2,1-4H3/t12-,13+/m1/s1. The Bertz CT molecular complexity index is 296. The van der Waals surface area contributed by atoms with Gasteiger partial charge in [-0.2, -0.15) is 0 Å². The van der Waals surface area contributed by atoms with Gasteiger partial charge in [0.1, 0.15) is 5.60 Å². The number of carbonyl (C=O) groups is 1. The Morgan fingerprint density at radius 1 is 1.50 bits per heavy atom. The summed E-state index contributed by atoms with van der Waals surface area (Å²) in [4.78, 5) is 14.0. The van der Waals surface area contributed by atoms with Gasteiger partial charge in [0.25, 0.3) is 0 Å². The molecular formula is C15H30N2O3.